The molecule has 2 saturated heterocycles. The van der Waals surface area contributed by atoms with Crippen molar-refractivity contribution in [3.05, 3.63) is 35.9 Å². The minimum atomic E-state index is 0.172. The van der Waals surface area contributed by atoms with E-state index in [9.17, 15) is 9.59 Å². The van der Waals surface area contributed by atoms with Crippen LogP contribution in [-0.2, 0) is 16.0 Å². The summed E-state index contributed by atoms with van der Waals surface area (Å²) < 4.78 is 0. The summed E-state index contributed by atoms with van der Waals surface area (Å²) in [7, 11) is 0. The largest absolute Gasteiger partial charge is 0.353 e. The number of benzene rings is 1. The highest BCUT2D eigenvalue weighted by molar-refractivity contribution is 5.77. The van der Waals surface area contributed by atoms with E-state index in [1.54, 1.807) is 0 Å². The van der Waals surface area contributed by atoms with Crippen LogP contribution < -0.4 is 10.6 Å². The minimum absolute atomic E-state index is 0.172. The molecule has 2 N–H and O–H groups in total. The van der Waals surface area contributed by atoms with Crippen molar-refractivity contribution >= 4 is 11.8 Å². The first-order chi connectivity index (χ1) is 12.7. The van der Waals surface area contributed by atoms with E-state index >= 15 is 0 Å². The van der Waals surface area contributed by atoms with E-state index in [-0.39, 0.29) is 17.9 Å². The van der Waals surface area contributed by atoms with Crippen molar-refractivity contribution in [3.63, 3.8) is 0 Å². The van der Waals surface area contributed by atoms with Gasteiger partial charge in [0.1, 0.15) is 0 Å². The number of carbonyl (C=O) groups excluding carboxylic acids is 2. The van der Waals surface area contributed by atoms with Crippen molar-refractivity contribution in [3.8, 4) is 0 Å². The normalized spacial score (nSPS) is 20.9. The molecule has 1 aromatic rings. The van der Waals surface area contributed by atoms with Crippen LogP contribution in [0.5, 0.6) is 0 Å². The Morgan fingerprint density at radius 3 is 2.54 bits per heavy atom. The second kappa shape index (κ2) is 9.72. The van der Waals surface area contributed by atoms with Crippen molar-refractivity contribution in [2.24, 2.45) is 5.92 Å². The van der Waals surface area contributed by atoms with Crippen molar-refractivity contribution in [2.75, 3.05) is 26.2 Å². The molecular formula is C21H31N3O2. The molecule has 2 heterocycles. The Hall–Kier alpha value is -1.88. The lowest BCUT2D eigenvalue weighted by Gasteiger charge is -2.32. The molecule has 0 radical (unpaired) electrons. The van der Waals surface area contributed by atoms with Crippen LogP contribution >= 0.6 is 0 Å². The van der Waals surface area contributed by atoms with Crippen molar-refractivity contribution < 1.29 is 9.59 Å². The fraction of sp³-hybridized carbons (Fsp3) is 0.619. The summed E-state index contributed by atoms with van der Waals surface area (Å²) in [5, 5.41) is 6.51. The number of carbonyl (C=O) groups is 2. The smallest absolute Gasteiger partial charge is 0.222 e. The summed E-state index contributed by atoms with van der Waals surface area (Å²) >= 11 is 0. The van der Waals surface area contributed by atoms with Gasteiger partial charge in [0.2, 0.25) is 11.8 Å². The first-order valence-electron chi connectivity index (χ1n) is 10.0. The fourth-order valence-corrected chi connectivity index (χ4v) is 3.92. The van der Waals surface area contributed by atoms with Gasteiger partial charge < -0.3 is 15.5 Å². The Labute approximate surface area is 156 Å². The van der Waals surface area contributed by atoms with E-state index in [2.05, 4.69) is 22.8 Å². The molecular weight excluding hydrogens is 326 g/mol. The standard InChI is InChI=1S/C21H31N3O2/c25-20(8-6-18-10-13-22-16-18)23-19-11-14-24(15-12-19)21(26)9-7-17-4-2-1-3-5-17/h1-5,18-19,22H,6-16H2,(H,23,25). The highest BCUT2D eigenvalue weighted by Crippen LogP contribution is 2.16. The number of nitrogens with one attached hydrogen (secondary N) is 2. The molecule has 0 aliphatic carbocycles. The summed E-state index contributed by atoms with van der Waals surface area (Å²) in [6.07, 6.45) is 5.90. The zero-order valence-electron chi connectivity index (χ0n) is 15.6. The average molecular weight is 357 g/mol. The topological polar surface area (TPSA) is 61.4 Å². The predicted molar refractivity (Wildman–Crippen MR) is 103 cm³/mol. The van der Waals surface area contributed by atoms with Crippen LogP contribution in [0.25, 0.3) is 0 Å². The van der Waals surface area contributed by atoms with Crippen LogP contribution in [0.4, 0.5) is 0 Å². The number of likely N-dealkylation sites (tertiary alicyclic amines) is 1. The Morgan fingerprint density at radius 2 is 1.85 bits per heavy atom. The van der Waals surface area contributed by atoms with Gasteiger partial charge in [0.05, 0.1) is 0 Å². The van der Waals surface area contributed by atoms with E-state index < -0.39 is 0 Å². The molecule has 5 heteroatoms. The fourth-order valence-electron chi connectivity index (χ4n) is 3.92. The lowest BCUT2D eigenvalue weighted by molar-refractivity contribution is -0.132. The molecule has 0 aromatic heterocycles. The monoisotopic (exact) mass is 357 g/mol. The maximum absolute atomic E-state index is 12.4. The van der Waals surface area contributed by atoms with E-state index in [1.807, 2.05) is 23.1 Å². The van der Waals surface area contributed by atoms with Gasteiger partial charge in [0.15, 0.2) is 0 Å². The summed E-state index contributed by atoms with van der Waals surface area (Å²) in [6, 6.07) is 10.4. The van der Waals surface area contributed by atoms with Crippen LogP contribution in [0.3, 0.4) is 0 Å². The maximum Gasteiger partial charge on any atom is 0.222 e. The lowest BCUT2D eigenvalue weighted by atomic mass is 10.0. The third-order valence-electron chi connectivity index (χ3n) is 5.63. The molecule has 142 valence electrons. The van der Waals surface area contributed by atoms with Gasteiger partial charge in [0, 0.05) is 32.0 Å². The average Bonchev–Trinajstić information content (AvgIpc) is 3.19. The third-order valence-corrected chi connectivity index (χ3v) is 5.63. The van der Waals surface area contributed by atoms with Crippen LogP contribution in [-0.4, -0.2) is 48.9 Å². The first kappa shape index (κ1) is 18.9. The number of hydrogen-bond acceptors (Lipinski definition) is 3. The van der Waals surface area contributed by atoms with Gasteiger partial charge in [-0.15, -0.1) is 0 Å². The number of hydrogen-bond donors (Lipinski definition) is 2. The number of piperidine rings is 1. The summed E-state index contributed by atoms with van der Waals surface area (Å²) in [6.45, 7) is 3.65. The van der Waals surface area contributed by atoms with Crippen molar-refractivity contribution in [2.45, 2.75) is 51.0 Å². The second-order valence-corrected chi connectivity index (χ2v) is 7.61. The third kappa shape index (κ3) is 5.84. The van der Waals surface area contributed by atoms with Gasteiger partial charge in [-0.3, -0.25) is 9.59 Å². The summed E-state index contributed by atoms with van der Waals surface area (Å²) in [4.78, 5) is 26.5. The summed E-state index contributed by atoms with van der Waals surface area (Å²) in [5.41, 5.74) is 1.21. The highest BCUT2D eigenvalue weighted by Gasteiger charge is 2.24. The molecule has 2 amide bonds. The van der Waals surface area contributed by atoms with Crippen molar-refractivity contribution in [1.82, 2.24) is 15.5 Å². The van der Waals surface area contributed by atoms with E-state index in [0.29, 0.717) is 18.8 Å². The molecule has 5 nitrogen and oxygen atoms in total. The predicted octanol–water partition coefficient (Wildman–Crippen LogP) is 2.12. The highest BCUT2D eigenvalue weighted by atomic mass is 16.2. The van der Waals surface area contributed by atoms with Crippen LogP contribution in [0.1, 0.15) is 44.1 Å². The second-order valence-electron chi connectivity index (χ2n) is 7.61. The number of rotatable bonds is 7. The SMILES string of the molecule is O=C(CCC1CCNC1)NC1CCN(C(=O)CCc2ccccc2)CC1. The Kier molecular flexibility index (Phi) is 7.06. The number of nitrogens with zero attached hydrogens (tertiary/aromatic N) is 1. The molecule has 1 unspecified atom stereocenters. The maximum atomic E-state index is 12.4. The van der Waals surface area contributed by atoms with Crippen LogP contribution in [0.15, 0.2) is 30.3 Å². The molecule has 0 spiro atoms. The molecule has 0 bridgehead atoms. The van der Waals surface area contributed by atoms with Gasteiger partial charge in [-0.05, 0) is 56.7 Å². The van der Waals surface area contributed by atoms with E-state index in [0.717, 1.165) is 51.9 Å². The molecule has 3 rings (SSSR count). The van der Waals surface area contributed by atoms with Crippen LogP contribution in [0.2, 0.25) is 0 Å². The summed E-state index contributed by atoms with van der Waals surface area (Å²) in [5.74, 6) is 1.06. The molecule has 2 fully saturated rings. The number of aryl methyl sites for hydroxylation is 1. The van der Waals surface area contributed by atoms with Gasteiger partial charge in [-0.25, -0.2) is 0 Å². The Morgan fingerprint density at radius 1 is 1.08 bits per heavy atom. The lowest BCUT2D eigenvalue weighted by Crippen LogP contribution is -2.46. The zero-order valence-corrected chi connectivity index (χ0v) is 15.6. The quantitative estimate of drug-likeness (QED) is 0.786. The molecule has 26 heavy (non-hydrogen) atoms. The molecule has 1 atom stereocenters. The Balaban J connectivity index is 1.31. The molecule has 0 saturated carbocycles. The van der Waals surface area contributed by atoms with Gasteiger partial charge in [-0.2, -0.15) is 0 Å². The van der Waals surface area contributed by atoms with Gasteiger partial charge in [0.25, 0.3) is 0 Å². The van der Waals surface area contributed by atoms with Crippen LogP contribution in [0, 0.1) is 5.92 Å². The van der Waals surface area contributed by atoms with Gasteiger partial charge in [-0.1, -0.05) is 30.3 Å². The van der Waals surface area contributed by atoms with E-state index in [1.165, 1.54) is 12.0 Å². The van der Waals surface area contributed by atoms with E-state index in [4.69, 9.17) is 0 Å². The Bertz CT molecular complexity index is 576. The minimum Gasteiger partial charge on any atom is -0.353 e. The zero-order chi connectivity index (χ0) is 18.2. The molecule has 2 aliphatic rings. The van der Waals surface area contributed by atoms with Crippen molar-refractivity contribution in [1.29, 1.82) is 0 Å². The first-order valence-corrected chi connectivity index (χ1v) is 10.0. The molecule has 1 aromatic carbocycles. The number of amides is 2. The molecule has 2 aliphatic heterocycles. The van der Waals surface area contributed by atoms with Gasteiger partial charge >= 0.3 is 0 Å².